The van der Waals surface area contributed by atoms with E-state index in [4.69, 9.17) is 9.57 Å². The summed E-state index contributed by atoms with van der Waals surface area (Å²) in [5.41, 5.74) is 3.65. The zero-order valence-corrected chi connectivity index (χ0v) is 14.1. The zero-order valence-electron chi connectivity index (χ0n) is 14.1. The van der Waals surface area contributed by atoms with Gasteiger partial charge in [0.05, 0.1) is 6.61 Å². The van der Waals surface area contributed by atoms with Crippen molar-refractivity contribution in [3.8, 4) is 0 Å². The Morgan fingerprint density at radius 2 is 2.00 bits per heavy atom. The third-order valence-electron chi connectivity index (χ3n) is 3.48. The zero-order chi connectivity index (χ0) is 17.0. The molecule has 0 spiro atoms. The SMILES string of the molecule is CCONC(=O)[C@@H]1c2ccccc2CCN1C(=O)OC(C)(C)C. The molecule has 1 aliphatic rings. The van der Waals surface area contributed by atoms with E-state index < -0.39 is 17.7 Å². The third kappa shape index (κ3) is 4.22. The van der Waals surface area contributed by atoms with Crippen LogP contribution in [0.3, 0.4) is 0 Å². The molecule has 0 fully saturated rings. The van der Waals surface area contributed by atoms with E-state index in [1.165, 1.54) is 4.90 Å². The van der Waals surface area contributed by atoms with Crippen LogP contribution in [0.25, 0.3) is 0 Å². The van der Waals surface area contributed by atoms with E-state index in [1.54, 1.807) is 27.7 Å². The smallest absolute Gasteiger partial charge is 0.411 e. The second-order valence-electron chi connectivity index (χ2n) is 6.42. The third-order valence-corrected chi connectivity index (χ3v) is 3.48. The maximum absolute atomic E-state index is 12.5. The number of carbonyl (C=O) groups excluding carboxylic acids is 2. The summed E-state index contributed by atoms with van der Waals surface area (Å²) >= 11 is 0. The minimum absolute atomic E-state index is 0.354. The highest BCUT2D eigenvalue weighted by Crippen LogP contribution is 2.31. The van der Waals surface area contributed by atoms with Gasteiger partial charge in [-0.2, -0.15) is 0 Å². The lowest BCUT2D eigenvalue weighted by Gasteiger charge is -2.36. The second-order valence-corrected chi connectivity index (χ2v) is 6.42. The molecule has 6 heteroatoms. The van der Waals surface area contributed by atoms with Crippen LogP contribution in [0.5, 0.6) is 0 Å². The first-order valence-electron chi connectivity index (χ1n) is 7.82. The molecule has 1 N–H and O–H groups in total. The van der Waals surface area contributed by atoms with Gasteiger partial charge in [-0.1, -0.05) is 24.3 Å². The van der Waals surface area contributed by atoms with Crippen molar-refractivity contribution < 1.29 is 19.2 Å². The standard InChI is InChI=1S/C17H24N2O4/c1-5-22-18-15(20)14-13-9-7-6-8-12(13)10-11-19(14)16(21)23-17(2,3)4/h6-9,14H,5,10-11H2,1-4H3,(H,18,20)/t14-/m0/s1. The van der Waals surface area contributed by atoms with Gasteiger partial charge in [0.15, 0.2) is 0 Å². The van der Waals surface area contributed by atoms with Gasteiger partial charge in [0.2, 0.25) is 0 Å². The van der Waals surface area contributed by atoms with Crippen molar-refractivity contribution in [2.45, 2.75) is 45.8 Å². The number of carbonyl (C=O) groups is 2. The normalized spacial score (nSPS) is 17.4. The molecule has 0 unspecified atom stereocenters. The second kappa shape index (κ2) is 7.00. The Hall–Kier alpha value is -2.08. The fourth-order valence-electron chi connectivity index (χ4n) is 2.57. The lowest BCUT2D eigenvalue weighted by molar-refractivity contribution is -0.139. The van der Waals surface area contributed by atoms with E-state index in [0.717, 1.165) is 11.1 Å². The van der Waals surface area contributed by atoms with Crippen LogP contribution in [0.2, 0.25) is 0 Å². The quantitative estimate of drug-likeness (QED) is 0.869. The molecule has 0 radical (unpaired) electrons. The number of hydroxylamine groups is 1. The van der Waals surface area contributed by atoms with Crippen LogP contribution >= 0.6 is 0 Å². The van der Waals surface area contributed by atoms with Gasteiger partial charge in [0, 0.05) is 6.54 Å². The number of fused-ring (bicyclic) bond motifs is 1. The van der Waals surface area contributed by atoms with Crippen LogP contribution < -0.4 is 5.48 Å². The Morgan fingerprint density at radius 1 is 1.30 bits per heavy atom. The number of nitrogens with one attached hydrogen (secondary N) is 1. The number of hydrogen-bond donors (Lipinski definition) is 1. The summed E-state index contributed by atoms with van der Waals surface area (Å²) in [4.78, 5) is 31.5. The van der Waals surface area contributed by atoms with Gasteiger partial charge in [-0.25, -0.2) is 10.3 Å². The van der Waals surface area contributed by atoms with Gasteiger partial charge in [-0.3, -0.25) is 14.5 Å². The monoisotopic (exact) mass is 320 g/mol. The van der Waals surface area contributed by atoms with Gasteiger partial charge in [-0.15, -0.1) is 0 Å². The van der Waals surface area contributed by atoms with Crippen molar-refractivity contribution in [3.05, 3.63) is 35.4 Å². The predicted molar refractivity (Wildman–Crippen MR) is 85.6 cm³/mol. The molecule has 0 aromatic heterocycles. The van der Waals surface area contributed by atoms with E-state index in [9.17, 15) is 9.59 Å². The highest BCUT2D eigenvalue weighted by Gasteiger charge is 2.38. The first-order valence-corrected chi connectivity index (χ1v) is 7.82. The molecule has 1 atom stereocenters. The van der Waals surface area contributed by atoms with Crippen LogP contribution in [-0.4, -0.2) is 35.7 Å². The van der Waals surface area contributed by atoms with Crippen LogP contribution in [0.1, 0.15) is 44.9 Å². The molecule has 0 saturated heterocycles. The molecule has 1 aliphatic heterocycles. The van der Waals surface area contributed by atoms with E-state index in [2.05, 4.69) is 5.48 Å². The summed E-state index contributed by atoms with van der Waals surface area (Å²) < 4.78 is 5.44. The molecule has 0 bridgehead atoms. The number of nitrogens with zero attached hydrogens (tertiary/aromatic N) is 1. The summed E-state index contributed by atoms with van der Waals surface area (Å²) in [6.07, 6.45) is 0.192. The average molecular weight is 320 g/mol. The molecular formula is C17H24N2O4. The molecule has 6 nitrogen and oxygen atoms in total. The van der Waals surface area contributed by atoms with E-state index in [0.29, 0.717) is 19.6 Å². The van der Waals surface area contributed by atoms with Gasteiger partial charge < -0.3 is 4.74 Å². The summed E-state index contributed by atoms with van der Waals surface area (Å²) in [6, 6.07) is 6.88. The summed E-state index contributed by atoms with van der Waals surface area (Å²) in [5.74, 6) is -0.371. The summed E-state index contributed by atoms with van der Waals surface area (Å²) in [5, 5.41) is 0. The summed E-state index contributed by atoms with van der Waals surface area (Å²) in [7, 11) is 0. The molecule has 2 rings (SSSR count). The number of rotatable bonds is 3. The van der Waals surface area contributed by atoms with Gasteiger partial charge >= 0.3 is 6.09 Å². The Bertz CT molecular complexity index is 580. The fourth-order valence-corrected chi connectivity index (χ4v) is 2.57. The predicted octanol–water partition coefficient (Wildman–Crippen LogP) is 2.59. The molecule has 2 amide bonds. The van der Waals surface area contributed by atoms with Crippen molar-refractivity contribution in [1.82, 2.24) is 10.4 Å². The van der Waals surface area contributed by atoms with Gasteiger partial charge in [-0.05, 0) is 45.2 Å². The van der Waals surface area contributed by atoms with Crippen molar-refractivity contribution in [3.63, 3.8) is 0 Å². The number of amides is 2. The average Bonchev–Trinajstić information content (AvgIpc) is 2.49. The van der Waals surface area contributed by atoms with Gasteiger partial charge in [0.1, 0.15) is 11.6 Å². The number of benzene rings is 1. The van der Waals surface area contributed by atoms with Crippen molar-refractivity contribution in [2.75, 3.05) is 13.2 Å². The van der Waals surface area contributed by atoms with Gasteiger partial charge in [0.25, 0.3) is 5.91 Å². The van der Waals surface area contributed by atoms with E-state index in [-0.39, 0.29) is 5.91 Å². The lowest BCUT2D eigenvalue weighted by atomic mass is 9.92. The van der Waals surface area contributed by atoms with Crippen molar-refractivity contribution >= 4 is 12.0 Å². The Labute approximate surface area is 136 Å². The number of ether oxygens (including phenoxy) is 1. The van der Waals surface area contributed by atoms with Crippen molar-refractivity contribution in [1.29, 1.82) is 0 Å². The Kier molecular flexibility index (Phi) is 5.26. The molecule has 1 aromatic rings. The topological polar surface area (TPSA) is 67.9 Å². The molecule has 0 saturated carbocycles. The maximum atomic E-state index is 12.5. The van der Waals surface area contributed by atoms with E-state index in [1.807, 2.05) is 24.3 Å². The molecule has 23 heavy (non-hydrogen) atoms. The lowest BCUT2D eigenvalue weighted by Crippen LogP contribution is -2.48. The first-order chi connectivity index (χ1) is 10.8. The highest BCUT2D eigenvalue weighted by atomic mass is 16.6. The molecule has 1 heterocycles. The first kappa shape index (κ1) is 17.3. The minimum Gasteiger partial charge on any atom is -0.444 e. The highest BCUT2D eigenvalue weighted by molar-refractivity contribution is 5.87. The Balaban J connectivity index is 2.30. The van der Waals surface area contributed by atoms with Crippen LogP contribution in [0.15, 0.2) is 24.3 Å². The van der Waals surface area contributed by atoms with Crippen LogP contribution in [0.4, 0.5) is 4.79 Å². The van der Waals surface area contributed by atoms with Crippen LogP contribution in [0, 0.1) is 0 Å². The fraction of sp³-hybridized carbons (Fsp3) is 0.529. The minimum atomic E-state index is -0.749. The van der Waals surface area contributed by atoms with E-state index >= 15 is 0 Å². The largest absolute Gasteiger partial charge is 0.444 e. The van der Waals surface area contributed by atoms with Crippen molar-refractivity contribution in [2.24, 2.45) is 0 Å². The number of hydrogen-bond acceptors (Lipinski definition) is 4. The molecule has 1 aromatic carbocycles. The maximum Gasteiger partial charge on any atom is 0.411 e. The molecular weight excluding hydrogens is 296 g/mol. The summed E-state index contributed by atoms with van der Waals surface area (Å²) in [6.45, 7) is 7.97. The Morgan fingerprint density at radius 3 is 2.65 bits per heavy atom. The molecule has 126 valence electrons. The van der Waals surface area contributed by atoms with Crippen LogP contribution in [-0.2, 0) is 20.8 Å². The molecule has 0 aliphatic carbocycles.